The summed E-state index contributed by atoms with van der Waals surface area (Å²) in [5.41, 5.74) is 1.97. The van der Waals surface area contributed by atoms with Crippen LogP contribution in [0.2, 0.25) is 0 Å². The quantitative estimate of drug-likeness (QED) is 0.813. The molecule has 4 heteroatoms. The van der Waals surface area contributed by atoms with Crippen LogP contribution in [0.25, 0.3) is 0 Å². The highest BCUT2D eigenvalue weighted by atomic mass is 15.1. The zero-order valence-corrected chi connectivity index (χ0v) is 10.2. The van der Waals surface area contributed by atoms with E-state index in [1.165, 1.54) is 0 Å². The Morgan fingerprint density at radius 1 is 1.33 bits per heavy atom. The van der Waals surface area contributed by atoms with Crippen LogP contribution in [0.3, 0.4) is 0 Å². The minimum atomic E-state index is 0.372. The molecule has 0 aliphatic carbocycles. The number of hydrogen-bond donors (Lipinski definition) is 1. The van der Waals surface area contributed by atoms with Crippen LogP contribution in [-0.2, 0) is 0 Å². The predicted octanol–water partition coefficient (Wildman–Crippen LogP) is 1.46. The van der Waals surface area contributed by atoms with Crippen LogP contribution in [0.5, 0.6) is 0 Å². The van der Waals surface area contributed by atoms with Crippen molar-refractivity contribution in [3.05, 3.63) is 17.6 Å². The molecule has 0 saturated carbocycles. The monoisotopic (exact) mass is 208 g/mol. The number of aromatic nitrogens is 2. The van der Waals surface area contributed by atoms with Crippen LogP contribution >= 0.6 is 0 Å². The minimum absolute atomic E-state index is 0.372. The summed E-state index contributed by atoms with van der Waals surface area (Å²) in [6.07, 6.45) is 1.79. The van der Waals surface area contributed by atoms with Crippen LogP contribution < -0.4 is 5.32 Å². The lowest BCUT2D eigenvalue weighted by molar-refractivity contribution is 0.392. The van der Waals surface area contributed by atoms with Crippen molar-refractivity contribution in [1.82, 2.24) is 14.9 Å². The number of anilines is 1. The molecule has 1 aromatic rings. The summed E-state index contributed by atoms with van der Waals surface area (Å²) in [5.74, 6) is 0.854. The SMILES string of the molecule is Cc1ncc(NC(C)CN(C)C)nc1C. The van der Waals surface area contributed by atoms with Crippen molar-refractivity contribution in [2.75, 3.05) is 26.0 Å². The molecule has 0 aliphatic rings. The first-order chi connectivity index (χ1) is 6.99. The maximum Gasteiger partial charge on any atom is 0.145 e. The van der Waals surface area contributed by atoms with E-state index in [0.29, 0.717) is 6.04 Å². The summed E-state index contributed by atoms with van der Waals surface area (Å²) in [7, 11) is 4.12. The van der Waals surface area contributed by atoms with E-state index in [4.69, 9.17) is 0 Å². The van der Waals surface area contributed by atoms with E-state index in [9.17, 15) is 0 Å². The molecule has 1 atom stereocenters. The highest BCUT2D eigenvalue weighted by Gasteiger charge is 2.05. The van der Waals surface area contributed by atoms with Crippen molar-refractivity contribution in [3.8, 4) is 0 Å². The van der Waals surface area contributed by atoms with Crippen molar-refractivity contribution >= 4 is 5.82 Å². The number of nitrogens with one attached hydrogen (secondary N) is 1. The molecule has 0 bridgehead atoms. The topological polar surface area (TPSA) is 41.1 Å². The Morgan fingerprint density at radius 2 is 2.00 bits per heavy atom. The van der Waals surface area contributed by atoms with Gasteiger partial charge in [0, 0.05) is 12.6 Å². The average molecular weight is 208 g/mol. The van der Waals surface area contributed by atoms with Gasteiger partial charge in [-0.2, -0.15) is 0 Å². The van der Waals surface area contributed by atoms with Gasteiger partial charge in [0.1, 0.15) is 5.82 Å². The van der Waals surface area contributed by atoms with E-state index in [1.807, 2.05) is 13.8 Å². The molecule has 1 aromatic heterocycles. The molecule has 84 valence electrons. The second-order valence-corrected chi connectivity index (χ2v) is 4.23. The van der Waals surface area contributed by atoms with E-state index in [-0.39, 0.29) is 0 Å². The molecule has 0 radical (unpaired) electrons. The van der Waals surface area contributed by atoms with Gasteiger partial charge in [0.05, 0.1) is 17.6 Å². The first-order valence-electron chi connectivity index (χ1n) is 5.20. The summed E-state index contributed by atoms with van der Waals surface area (Å²) in [5, 5.41) is 3.33. The summed E-state index contributed by atoms with van der Waals surface area (Å²) in [6.45, 7) is 7.06. The van der Waals surface area contributed by atoms with Crippen LogP contribution in [0.4, 0.5) is 5.82 Å². The third-order valence-corrected chi connectivity index (χ3v) is 2.23. The molecule has 0 spiro atoms. The van der Waals surface area contributed by atoms with Gasteiger partial charge in [0.2, 0.25) is 0 Å². The Morgan fingerprint density at radius 3 is 2.53 bits per heavy atom. The normalized spacial score (nSPS) is 12.9. The predicted molar refractivity (Wildman–Crippen MR) is 63.1 cm³/mol. The molecule has 0 fully saturated rings. The van der Waals surface area contributed by atoms with Crippen LogP contribution in [0.15, 0.2) is 6.20 Å². The molecule has 0 amide bonds. The number of hydrogen-bond acceptors (Lipinski definition) is 4. The highest BCUT2D eigenvalue weighted by Crippen LogP contribution is 2.07. The molecule has 0 aromatic carbocycles. The Kier molecular flexibility index (Phi) is 4.03. The molecule has 1 heterocycles. The number of rotatable bonds is 4. The Bertz CT molecular complexity index is 322. The molecule has 1 unspecified atom stereocenters. The number of aryl methyl sites for hydroxylation is 2. The van der Waals surface area contributed by atoms with Crippen molar-refractivity contribution in [3.63, 3.8) is 0 Å². The Labute approximate surface area is 91.7 Å². The third-order valence-electron chi connectivity index (χ3n) is 2.23. The molecule has 0 aliphatic heterocycles. The number of nitrogens with zero attached hydrogens (tertiary/aromatic N) is 3. The molecule has 4 nitrogen and oxygen atoms in total. The second-order valence-electron chi connectivity index (χ2n) is 4.23. The molecular weight excluding hydrogens is 188 g/mol. The Hall–Kier alpha value is -1.16. The van der Waals surface area contributed by atoms with Crippen LogP contribution in [-0.4, -0.2) is 41.5 Å². The van der Waals surface area contributed by atoms with Gasteiger partial charge in [-0.25, -0.2) is 4.98 Å². The second kappa shape index (κ2) is 5.07. The molecule has 1 N–H and O–H groups in total. The van der Waals surface area contributed by atoms with Gasteiger partial charge < -0.3 is 10.2 Å². The average Bonchev–Trinajstić information content (AvgIpc) is 2.10. The van der Waals surface area contributed by atoms with Gasteiger partial charge >= 0.3 is 0 Å². The van der Waals surface area contributed by atoms with E-state index < -0.39 is 0 Å². The lowest BCUT2D eigenvalue weighted by atomic mass is 10.3. The van der Waals surface area contributed by atoms with Crippen LogP contribution in [0.1, 0.15) is 18.3 Å². The lowest BCUT2D eigenvalue weighted by Crippen LogP contribution is -2.30. The molecular formula is C11H20N4. The smallest absolute Gasteiger partial charge is 0.145 e. The van der Waals surface area contributed by atoms with Gasteiger partial charge in [0.15, 0.2) is 0 Å². The lowest BCUT2D eigenvalue weighted by Gasteiger charge is -2.18. The zero-order valence-electron chi connectivity index (χ0n) is 10.2. The summed E-state index contributed by atoms with van der Waals surface area (Å²) in [6, 6.07) is 0.372. The third kappa shape index (κ3) is 3.83. The van der Waals surface area contributed by atoms with Gasteiger partial charge in [-0.3, -0.25) is 4.98 Å². The minimum Gasteiger partial charge on any atom is -0.365 e. The number of likely N-dealkylation sites (N-methyl/N-ethyl adjacent to an activating group) is 1. The zero-order chi connectivity index (χ0) is 11.4. The fourth-order valence-electron chi connectivity index (χ4n) is 1.46. The molecule has 0 saturated heterocycles. The largest absolute Gasteiger partial charge is 0.365 e. The summed E-state index contributed by atoms with van der Waals surface area (Å²) >= 11 is 0. The van der Waals surface area contributed by atoms with Gasteiger partial charge in [-0.15, -0.1) is 0 Å². The van der Waals surface area contributed by atoms with E-state index >= 15 is 0 Å². The van der Waals surface area contributed by atoms with Gasteiger partial charge in [0.25, 0.3) is 0 Å². The fraction of sp³-hybridized carbons (Fsp3) is 0.636. The van der Waals surface area contributed by atoms with E-state index in [0.717, 1.165) is 23.8 Å². The van der Waals surface area contributed by atoms with Crippen molar-refractivity contribution in [1.29, 1.82) is 0 Å². The highest BCUT2D eigenvalue weighted by molar-refractivity contribution is 5.34. The van der Waals surface area contributed by atoms with Crippen molar-refractivity contribution in [2.24, 2.45) is 0 Å². The van der Waals surface area contributed by atoms with Gasteiger partial charge in [-0.05, 0) is 34.9 Å². The Balaban J connectivity index is 2.60. The van der Waals surface area contributed by atoms with Gasteiger partial charge in [-0.1, -0.05) is 0 Å². The molecule has 15 heavy (non-hydrogen) atoms. The standard InChI is InChI=1S/C11H20N4/c1-8(7-15(4)5)13-11-6-12-9(2)10(3)14-11/h6,8H,7H2,1-5H3,(H,13,14). The van der Waals surface area contributed by atoms with Crippen LogP contribution in [0, 0.1) is 13.8 Å². The summed E-state index contributed by atoms with van der Waals surface area (Å²) < 4.78 is 0. The van der Waals surface area contributed by atoms with Crippen molar-refractivity contribution < 1.29 is 0 Å². The van der Waals surface area contributed by atoms with E-state index in [1.54, 1.807) is 6.20 Å². The summed E-state index contributed by atoms with van der Waals surface area (Å²) in [4.78, 5) is 10.8. The maximum absolute atomic E-state index is 4.43. The maximum atomic E-state index is 4.43. The van der Waals surface area contributed by atoms with E-state index in [2.05, 4.69) is 41.2 Å². The molecule has 1 rings (SSSR count). The fourth-order valence-corrected chi connectivity index (χ4v) is 1.46. The first kappa shape index (κ1) is 11.9. The van der Waals surface area contributed by atoms with Crippen molar-refractivity contribution in [2.45, 2.75) is 26.8 Å². The first-order valence-corrected chi connectivity index (χ1v) is 5.20.